The molecule has 0 bridgehead atoms. The average molecular weight is 283 g/mol. The number of nitrogens with zero attached hydrogens (tertiary/aromatic N) is 3. The van der Waals surface area contributed by atoms with E-state index in [9.17, 15) is 9.59 Å². The highest BCUT2D eigenvalue weighted by Crippen LogP contribution is 2.04. The molecule has 0 aliphatic carbocycles. The molecular formula is C12H21N5O3. The largest absolute Gasteiger partial charge is 0.480 e. The lowest BCUT2D eigenvalue weighted by Crippen LogP contribution is -2.47. The monoisotopic (exact) mass is 283 g/mol. The number of carboxylic acid groups (broad SMARTS) is 1. The van der Waals surface area contributed by atoms with Crippen molar-refractivity contribution in [2.45, 2.75) is 32.7 Å². The van der Waals surface area contributed by atoms with E-state index in [0.717, 1.165) is 0 Å². The summed E-state index contributed by atoms with van der Waals surface area (Å²) >= 11 is 0. The zero-order valence-electron chi connectivity index (χ0n) is 12.0. The van der Waals surface area contributed by atoms with Crippen molar-refractivity contribution in [3.8, 4) is 0 Å². The second-order valence-corrected chi connectivity index (χ2v) is 5.01. The molecule has 3 N–H and O–H groups in total. The molecule has 1 aromatic heterocycles. The van der Waals surface area contributed by atoms with Crippen LogP contribution in [0.5, 0.6) is 0 Å². The minimum absolute atomic E-state index is 0.189. The molecule has 1 heterocycles. The molecule has 1 atom stereocenters. The van der Waals surface area contributed by atoms with Gasteiger partial charge in [0.15, 0.2) is 5.82 Å². The third-order valence-electron chi connectivity index (χ3n) is 2.59. The van der Waals surface area contributed by atoms with Gasteiger partial charge in [-0.25, -0.2) is 14.6 Å². The average Bonchev–Trinajstić information content (AvgIpc) is 2.73. The molecule has 0 saturated carbocycles. The van der Waals surface area contributed by atoms with Crippen LogP contribution in [0.15, 0.2) is 6.33 Å². The van der Waals surface area contributed by atoms with E-state index in [-0.39, 0.29) is 5.92 Å². The molecule has 1 rings (SSSR count). The Kier molecular flexibility index (Phi) is 5.95. The fourth-order valence-electron chi connectivity index (χ4n) is 1.69. The zero-order valence-corrected chi connectivity index (χ0v) is 12.0. The summed E-state index contributed by atoms with van der Waals surface area (Å²) in [5.41, 5.74) is 0. The Balaban J connectivity index is 2.32. The molecule has 0 radical (unpaired) electrons. The first-order chi connectivity index (χ1) is 9.38. The van der Waals surface area contributed by atoms with Gasteiger partial charge in [0.05, 0.1) is 0 Å². The number of carbonyl (C=O) groups excluding carboxylic acids is 1. The van der Waals surface area contributed by atoms with Crippen LogP contribution in [-0.4, -0.2) is 44.5 Å². The summed E-state index contributed by atoms with van der Waals surface area (Å²) < 4.78 is 1.58. The van der Waals surface area contributed by atoms with Crippen LogP contribution in [0.1, 0.15) is 26.1 Å². The molecule has 8 heteroatoms. The van der Waals surface area contributed by atoms with E-state index in [0.29, 0.717) is 25.2 Å². The van der Waals surface area contributed by atoms with Crippen LogP contribution in [-0.2, 0) is 18.3 Å². The van der Waals surface area contributed by atoms with Gasteiger partial charge in [-0.15, -0.1) is 0 Å². The molecule has 0 aliphatic rings. The molecule has 2 amide bonds. The lowest BCUT2D eigenvalue weighted by molar-refractivity contribution is -0.139. The second kappa shape index (κ2) is 7.46. The normalized spacial score (nSPS) is 12.2. The summed E-state index contributed by atoms with van der Waals surface area (Å²) in [4.78, 5) is 26.6. The molecule has 0 saturated heterocycles. The van der Waals surface area contributed by atoms with E-state index >= 15 is 0 Å². The number of aliphatic carboxylic acids is 1. The van der Waals surface area contributed by atoms with Gasteiger partial charge >= 0.3 is 12.0 Å². The summed E-state index contributed by atoms with van der Waals surface area (Å²) in [6.45, 7) is 4.16. The van der Waals surface area contributed by atoms with Crippen molar-refractivity contribution >= 4 is 12.0 Å². The number of nitrogens with one attached hydrogen (secondary N) is 2. The van der Waals surface area contributed by atoms with Gasteiger partial charge in [-0.1, -0.05) is 13.8 Å². The Hall–Kier alpha value is -2.12. The van der Waals surface area contributed by atoms with Crippen molar-refractivity contribution in [3.05, 3.63) is 12.2 Å². The Bertz CT molecular complexity index is 458. The molecule has 0 aromatic carbocycles. The maximum absolute atomic E-state index is 11.6. The maximum Gasteiger partial charge on any atom is 0.326 e. The van der Waals surface area contributed by atoms with E-state index in [1.807, 2.05) is 13.8 Å². The molecule has 0 aliphatic heterocycles. The standard InChI is InChI=1S/C12H21N5O3/c1-8(2)6-9(11(18)19)15-12(20)13-5-4-10-14-7-17(3)16-10/h7-9H,4-6H2,1-3H3,(H,18,19)(H2,13,15,20)/t9-/m1/s1. The minimum Gasteiger partial charge on any atom is -0.480 e. The predicted octanol–water partition coefficient (Wildman–Crippen LogP) is 0.156. The second-order valence-electron chi connectivity index (χ2n) is 5.01. The summed E-state index contributed by atoms with van der Waals surface area (Å²) in [6.07, 6.45) is 2.47. The van der Waals surface area contributed by atoms with Crippen LogP contribution < -0.4 is 10.6 Å². The summed E-state index contributed by atoms with van der Waals surface area (Å²) in [5, 5.41) is 18.1. The summed E-state index contributed by atoms with van der Waals surface area (Å²) in [7, 11) is 1.76. The van der Waals surface area contributed by atoms with Gasteiger partial charge in [0.2, 0.25) is 0 Å². The fraction of sp³-hybridized carbons (Fsp3) is 0.667. The van der Waals surface area contributed by atoms with E-state index in [4.69, 9.17) is 5.11 Å². The van der Waals surface area contributed by atoms with Crippen LogP contribution in [0.2, 0.25) is 0 Å². The molecule has 0 spiro atoms. The van der Waals surface area contributed by atoms with E-state index in [1.165, 1.54) is 0 Å². The zero-order chi connectivity index (χ0) is 15.1. The number of carboxylic acids is 1. The van der Waals surface area contributed by atoms with Crippen molar-refractivity contribution in [2.24, 2.45) is 13.0 Å². The first kappa shape index (κ1) is 15.9. The Morgan fingerprint density at radius 2 is 2.15 bits per heavy atom. The SMILES string of the molecule is CC(C)C[C@@H](NC(=O)NCCc1ncn(C)n1)C(=O)O. The van der Waals surface area contributed by atoms with Gasteiger partial charge in [0, 0.05) is 20.0 Å². The Labute approximate surface area is 117 Å². The quantitative estimate of drug-likeness (QED) is 0.660. The van der Waals surface area contributed by atoms with Crippen molar-refractivity contribution in [3.63, 3.8) is 0 Å². The first-order valence-corrected chi connectivity index (χ1v) is 6.50. The van der Waals surface area contributed by atoms with Crippen LogP contribution >= 0.6 is 0 Å². The highest BCUT2D eigenvalue weighted by molar-refractivity contribution is 5.82. The van der Waals surface area contributed by atoms with Crippen molar-refractivity contribution in [1.29, 1.82) is 0 Å². The minimum atomic E-state index is -1.03. The van der Waals surface area contributed by atoms with E-state index in [1.54, 1.807) is 18.1 Å². The fourth-order valence-corrected chi connectivity index (χ4v) is 1.69. The van der Waals surface area contributed by atoms with Gasteiger partial charge < -0.3 is 15.7 Å². The number of carbonyl (C=O) groups is 2. The molecule has 112 valence electrons. The van der Waals surface area contributed by atoms with E-state index in [2.05, 4.69) is 20.7 Å². The van der Waals surface area contributed by atoms with Gasteiger partial charge in [-0.2, -0.15) is 5.10 Å². The van der Waals surface area contributed by atoms with Crippen molar-refractivity contribution < 1.29 is 14.7 Å². The highest BCUT2D eigenvalue weighted by atomic mass is 16.4. The third-order valence-corrected chi connectivity index (χ3v) is 2.59. The number of hydrogen-bond acceptors (Lipinski definition) is 4. The van der Waals surface area contributed by atoms with Gasteiger partial charge in [0.25, 0.3) is 0 Å². The number of urea groups is 1. The Morgan fingerprint density at radius 1 is 1.45 bits per heavy atom. The van der Waals surface area contributed by atoms with Crippen LogP contribution in [0.25, 0.3) is 0 Å². The molecule has 20 heavy (non-hydrogen) atoms. The molecule has 8 nitrogen and oxygen atoms in total. The van der Waals surface area contributed by atoms with Crippen molar-refractivity contribution in [1.82, 2.24) is 25.4 Å². The lowest BCUT2D eigenvalue weighted by atomic mass is 10.0. The third kappa shape index (κ3) is 5.68. The topological polar surface area (TPSA) is 109 Å². The van der Waals surface area contributed by atoms with Gasteiger partial charge in [-0.3, -0.25) is 4.68 Å². The first-order valence-electron chi connectivity index (χ1n) is 6.50. The molecular weight excluding hydrogens is 262 g/mol. The maximum atomic E-state index is 11.6. The van der Waals surface area contributed by atoms with E-state index < -0.39 is 18.0 Å². The van der Waals surface area contributed by atoms with Crippen LogP contribution in [0.4, 0.5) is 4.79 Å². The number of hydrogen-bond donors (Lipinski definition) is 3. The number of amides is 2. The molecule has 1 aromatic rings. The smallest absolute Gasteiger partial charge is 0.326 e. The number of aryl methyl sites for hydroxylation is 1. The van der Waals surface area contributed by atoms with Gasteiger partial charge in [0.1, 0.15) is 12.4 Å². The number of aromatic nitrogens is 3. The Morgan fingerprint density at radius 3 is 2.65 bits per heavy atom. The number of rotatable bonds is 7. The van der Waals surface area contributed by atoms with Crippen LogP contribution in [0.3, 0.4) is 0 Å². The molecule has 0 fully saturated rings. The van der Waals surface area contributed by atoms with Crippen LogP contribution in [0, 0.1) is 5.92 Å². The molecule has 0 unspecified atom stereocenters. The predicted molar refractivity (Wildman–Crippen MR) is 72.1 cm³/mol. The van der Waals surface area contributed by atoms with Crippen molar-refractivity contribution in [2.75, 3.05) is 6.54 Å². The summed E-state index contributed by atoms with van der Waals surface area (Å²) in [6, 6.07) is -1.36. The van der Waals surface area contributed by atoms with Gasteiger partial charge in [-0.05, 0) is 12.3 Å². The highest BCUT2D eigenvalue weighted by Gasteiger charge is 2.20. The lowest BCUT2D eigenvalue weighted by Gasteiger charge is -2.16. The summed E-state index contributed by atoms with van der Waals surface area (Å²) in [5.74, 6) is -0.209.